The maximum atomic E-state index is 10.1. The summed E-state index contributed by atoms with van der Waals surface area (Å²) in [5, 5.41) is 14.9. The summed E-state index contributed by atoms with van der Waals surface area (Å²) in [6, 6.07) is 0. The highest BCUT2D eigenvalue weighted by molar-refractivity contribution is 8.14. The summed E-state index contributed by atoms with van der Waals surface area (Å²) in [4.78, 5) is 39.3. The predicted octanol–water partition coefficient (Wildman–Crippen LogP) is 3.85. The van der Waals surface area contributed by atoms with Crippen molar-refractivity contribution in [3.8, 4) is 0 Å². The largest absolute Gasteiger partial charge is 0.481 e. The van der Waals surface area contributed by atoms with E-state index in [0.29, 0.717) is 10.8 Å². The van der Waals surface area contributed by atoms with Crippen LogP contribution in [0.4, 0.5) is 5.13 Å². The summed E-state index contributed by atoms with van der Waals surface area (Å²) in [6.45, 7) is 11.1. The average molecular weight is 571 g/mol. The van der Waals surface area contributed by atoms with Gasteiger partial charge in [-0.25, -0.2) is 9.97 Å². The molecule has 5 rings (SSSR count). The van der Waals surface area contributed by atoms with Crippen LogP contribution < -0.4 is 5.73 Å². The zero-order valence-corrected chi connectivity index (χ0v) is 23.9. The molecular formula is C23H34N6O5S3. The molecule has 0 bridgehead atoms. The molecule has 1 amide bonds. The van der Waals surface area contributed by atoms with Gasteiger partial charge >= 0.3 is 5.97 Å². The number of aromatic nitrogens is 2. The average Bonchev–Trinajstić information content (AvgIpc) is 3.63. The highest BCUT2D eigenvalue weighted by Crippen LogP contribution is 2.11. The summed E-state index contributed by atoms with van der Waals surface area (Å²) in [7, 11) is 0. The smallest absolute Gasteiger partial charge is 0.309 e. The monoisotopic (exact) mass is 570 g/mol. The fourth-order valence-electron chi connectivity index (χ4n) is 2.39. The van der Waals surface area contributed by atoms with Crippen LogP contribution >= 0.6 is 34.4 Å². The number of thiazole rings is 2. The SMILES string of the molecule is CC(C)Cc1nccs1.CC1=NCCO1.CC1=NCCS1.Nc1nc(CC(=O)O)cs1.O=C1COC=N1. The van der Waals surface area contributed by atoms with E-state index in [2.05, 4.69) is 50.5 Å². The Morgan fingerprint density at radius 2 is 2.00 bits per heavy atom. The van der Waals surface area contributed by atoms with Crippen LogP contribution in [-0.2, 0) is 31.9 Å². The fourth-order valence-corrected chi connectivity index (χ4v) is 4.44. The third-order valence-corrected chi connectivity index (χ3v) is 6.38. The minimum absolute atomic E-state index is 0.0479. The van der Waals surface area contributed by atoms with Crippen molar-refractivity contribution in [1.29, 1.82) is 0 Å². The van der Waals surface area contributed by atoms with Crippen molar-refractivity contribution in [3.05, 3.63) is 27.7 Å². The number of amides is 1. The number of aliphatic imine (C=N–C) groups is 3. The molecule has 3 N–H and O–H groups in total. The lowest BCUT2D eigenvalue weighted by Gasteiger charge is -1.97. The number of nitrogens with zero attached hydrogens (tertiary/aromatic N) is 5. The molecule has 0 aliphatic carbocycles. The van der Waals surface area contributed by atoms with E-state index in [-0.39, 0.29) is 18.9 Å². The first kappa shape index (κ1) is 32.2. The van der Waals surface area contributed by atoms with Crippen molar-refractivity contribution >= 4 is 68.8 Å². The Kier molecular flexibility index (Phi) is 16.8. The predicted molar refractivity (Wildman–Crippen MR) is 152 cm³/mol. The van der Waals surface area contributed by atoms with Gasteiger partial charge in [0.05, 0.1) is 28.7 Å². The molecule has 5 heterocycles. The molecule has 0 radical (unpaired) electrons. The lowest BCUT2D eigenvalue weighted by Crippen LogP contribution is -2.00. The van der Waals surface area contributed by atoms with Crippen LogP contribution in [0, 0.1) is 5.92 Å². The number of thioether (sulfide) groups is 1. The zero-order chi connectivity index (χ0) is 27.5. The van der Waals surface area contributed by atoms with E-state index in [9.17, 15) is 9.59 Å². The fraction of sp³-hybridized carbons (Fsp3) is 0.522. The molecule has 2 aromatic rings. The quantitative estimate of drug-likeness (QED) is 0.556. The van der Waals surface area contributed by atoms with Crippen LogP contribution in [0.25, 0.3) is 0 Å². The van der Waals surface area contributed by atoms with Crippen LogP contribution in [0.5, 0.6) is 0 Å². The maximum absolute atomic E-state index is 10.1. The molecule has 11 nitrogen and oxygen atoms in total. The van der Waals surface area contributed by atoms with Gasteiger partial charge in [-0.1, -0.05) is 13.8 Å². The van der Waals surface area contributed by atoms with E-state index in [0.717, 1.165) is 44.3 Å². The lowest BCUT2D eigenvalue weighted by atomic mass is 10.1. The van der Waals surface area contributed by atoms with Gasteiger partial charge in [0, 0.05) is 42.6 Å². The summed E-state index contributed by atoms with van der Waals surface area (Å²) in [5.74, 6) is 1.68. The van der Waals surface area contributed by atoms with Gasteiger partial charge in [0.25, 0.3) is 5.91 Å². The van der Waals surface area contributed by atoms with Crippen molar-refractivity contribution in [2.75, 3.05) is 37.8 Å². The maximum Gasteiger partial charge on any atom is 0.309 e. The third kappa shape index (κ3) is 18.1. The molecule has 0 atom stereocenters. The minimum atomic E-state index is -0.884. The number of anilines is 1. The van der Waals surface area contributed by atoms with Gasteiger partial charge in [0.15, 0.2) is 24.0 Å². The second-order valence-electron chi connectivity index (χ2n) is 7.71. The van der Waals surface area contributed by atoms with Crippen LogP contribution in [0.1, 0.15) is 38.4 Å². The number of hydrogen-bond acceptors (Lipinski definition) is 12. The minimum Gasteiger partial charge on any atom is -0.481 e. The van der Waals surface area contributed by atoms with Gasteiger partial charge in [-0.15, -0.1) is 34.4 Å². The Labute approximate surface area is 229 Å². The topological polar surface area (TPSA) is 162 Å². The molecular weight excluding hydrogens is 536 g/mol. The van der Waals surface area contributed by atoms with Crippen LogP contribution in [-0.4, -0.2) is 76.3 Å². The number of nitrogen functional groups attached to an aromatic ring is 1. The molecule has 3 aliphatic rings. The Morgan fingerprint density at radius 3 is 2.30 bits per heavy atom. The van der Waals surface area contributed by atoms with Crippen LogP contribution in [0.15, 0.2) is 31.9 Å². The number of carboxylic acid groups (broad SMARTS) is 1. The molecule has 0 unspecified atom stereocenters. The van der Waals surface area contributed by atoms with Gasteiger partial charge in [-0.05, 0) is 12.8 Å². The van der Waals surface area contributed by atoms with Crippen molar-refractivity contribution in [3.63, 3.8) is 0 Å². The Balaban J connectivity index is 0.000000235. The third-order valence-electron chi connectivity index (χ3n) is 3.92. The van der Waals surface area contributed by atoms with Crippen molar-refractivity contribution in [2.24, 2.45) is 20.9 Å². The van der Waals surface area contributed by atoms with E-state index in [1.165, 1.54) is 27.1 Å². The van der Waals surface area contributed by atoms with Crippen molar-refractivity contribution < 1.29 is 24.2 Å². The van der Waals surface area contributed by atoms with E-state index < -0.39 is 5.97 Å². The normalized spacial score (nSPS) is 14.8. The number of carboxylic acids is 1. The second-order valence-corrected chi connectivity index (χ2v) is 10.9. The first-order valence-electron chi connectivity index (χ1n) is 11.4. The number of carbonyl (C=O) groups is 2. The summed E-state index contributed by atoms with van der Waals surface area (Å²) in [5.41, 5.74) is 5.79. The molecule has 3 aliphatic heterocycles. The van der Waals surface area contributed by atoms with Crippen molar-refractivity contribution in [1.82, 2.24) is 9.97 Å². The second kappa shape index (κ2) is 19.3. The Hall–Kier alpha value is -2.84. The number of hydrogen-bond donors (Lipinski definition) is 2. The molecule has 0 saturated carbocycles. The van der Waals surface area contributed by atoms with Gasteiger partial charge < -0.3 is 20.3 Å². The van der Waals surface area contributed by atoms with Gasteiger partial charge in [-0.3, -0.25) is 19.6 Å². The zero-order valence-electron chi connectivity index (χ0n) is 21.5. The standard InChI is InChI=1S/C7H11NS.C5H6N2O2S.C4H7NO.C4H7NS.C3H3NO2/c1-6(2)5-7-8-3-4-9-7;6-5-7-3(2-10-5)1-4(8)9;2*1-4-5-2-3-6-4;5-3-1-6-2-4-3/h3-4,6H,5H2,1-2H3;2H,1H2,(H2,6,7)(H,8,9);2*2-3H2,1H3;2H,1H2. The number of nitrogens with two attached hydrogens (primary N) is 1. The Morgan fingerprint density at radius 1 is 1.22 bits per heavy atom. The molecule has 37 heavy (non-hydrogen) atoms. The molecule has 0 saturated heterocycles. The van der Waals surface area contributed by atoms with Gasteiger partial charge in [-0.2, -0.15) is 4.99 Å². The first-order chi connectivity index (χ1) is 17.7. The van der Waals surface area contributed by atoms with E-state index in [1.54, 1.807) is 16.7 Å². The summed E-state index contributed by atoms with van der Waals surface area (Å²) >= 11 is 4.84. The molecule has 0 aromatic carbocycles. The first-order valence-corrected chi connectivity index (χ1v) is 14.1. The highest BCUT2D eigenvalue weighted by atomic mass is 32.2. The number of rotatable bonds is 4. The van der Waals surface area contributed by atoms with E-state index >= 15 is 0 Å². The highest BCUT2D eigenvalue weighted by Gasteiger charge is 2.03. The van der Waals surface area contributed by atoms with E-state index in [1.807, 2.05) is 30.3 Å². The Bertz CT molecular complexity index is 996. The number of aliphatic carboxylic acids is 1. The molecule has 0 spiro atoms. The summed E-state index contributed by atoms with van der Waals surface area (Å²) < 4.78 is 9.32. The molecule has 14 heteroatoms. The molecule has 204 valence electrons. The van der Waals surface area contributed by atoms with Crippen LogP contribution in [0.3, 0.4) is 0 Å². The van der Waals surface area contributed by atoms with Gasteiger partial charge in [0.1, 0.15) is 6.61 Å². The number of carbonyl (C=O) groups excluding carboxylic acids is 1. The van der Waals surface area contributed by atoms with Crippen molar-refractivity contribution in [2.45, 2.75) is 40.5 Å². The van der Waals surface area contributed by atoms with Crippen LogP contribution in [0.2, 0.25) is 0 Å². The summed E-state index contributed by atoms with van der Waals surface area (Å²) in [6.07, 6.45) is 4.09. The lowest BCUT2D eigenvalue weighted by molar-refractivity contribution is -0.136. The molecule has 0 fully saturated rings. The number of ether oxygens (including phenoxy) is 2. The molecule has 2 aromatic heterocycles. The van der Waals surface area contributed by atoms with E-state index in [4.69, 9.17) is 15.6 Å². The van der Waals surface area contributed by atoms with Gasteiger partial charge in [0.2, 0.25) is 0 Å².